The molecule has 0 heterocycles. The number of benzene rings is 1. The van der Waals surface area contributed by atoms with Crippen LogP contribution < -0.4 is 5.32 Å². The molecule has 0 amide bonds. The lowest BCUT2D eigenvalue weighted by molar-refractivity contribution is 0.595. The second-order valence-corrected chi connectivity index (χ2v) is 6.97. The van der Waals surface area contributed by atoms with Crippen molar-refractivity contribution in [2.24, 2.45) is 0 Å². The van der Waals surface area contributed by atoms with Crippen molar-refractivity contribution in [3.8, 4) is 0 Å². The van der Waals surface area contributed by atoms with Crippen molar-refractivity contribution in [3.05, 3.63) is 28.5 Å². The lowest BCUT2D eigenvalue weighted by atomic mass is 10.3. The summed E-state index contributed by atoms with van der Waals surface area (Å²) in [6.07, 6.45) is 0.547. The van der Waals surface area contributed by atoms with Gasteiger partial charge >= 0.3 is 0 Å². The summed E-state index contributed by atoms with van der Waals surface area (Å²) >= 11 is 3.09. The largest absolute Gasteiger partial charge is 0.385 e. The first-order valence-corrected chi connectivity index (χ1v) is 7.95. The van der Waals surface area contributed by atoms with Crippen molar-refractivity contribution in [1.29, 1.82) is 0 Å². The highest BCUT2D eigenvalue weighted by Crippen LogP contribution is 2.19. The first-order valence-electron chi connectivity index (χ1n) is 5.34. The highest BCUT2D eigenvalue weighted by Gasteiger charge is 2.06. The van der Waals surface area contributed by atoms with E-state index in [4.69, 9.17) is 0 Å². The van der Waals surface area contributed by atoms with Crippen LogP contribution in [-0.4, -0.2) is 26.5 Å². The third-order valence-corrected chi connectivity index (χ3v) is 4.72. The number of nitrogens with one attached hydrogen (secondary N) is 1. The average molecular weight is 324 g/mol. The molecule has 0 aliphatic carbocycles. The molecule has 0 saturated carbocycles. The van der Waals surface area contributed by atoms with E-state index in [-0.39, 0.29) is 17.3 Å². The van der Waals surface area contributed by atoms with E-state index in [1.807, 2.05) is 0 Å². The first-order chi connectivity index (χ1) is 7.94. The van der Waals surface area contributed by atoms with Gasteiger partial charge in [0.05, 0.1) is 10.2 Å². The minimum absolute atomic E-state index is 0.176. The molecule has 1 N–H and O–H groups in total. The SMILES string of the molecule is CCS(=O)(=O)CCCNc1ccc(F)c(Br)c1. The molecular formula is C11H15BrFNO2S. The van der Waals surface area contributed by atoms with Crippen molar-refractivity contribution >= 4 is 31.5 Å². The summed E-state index contributed by atoms with van der Waals surface area (Å²) in [5, 5.41) is 3.05. The van der Waals surface area contributed by atoms with Gasteiger partial charge in [0.25, 0.3) is 0 Å². The molecule has 0 radical (unpaired) electrons. The first kappa shape index (κ1) is 14.4. The van der Waals surface area contributed by atoms with E-state index in [9.17, 15) is 12.8 Å². The van der Waals surface area contributed by atoms with Gasteiger partial charge in [-0.2, -0.15) is 0 Å². The molecule has 17 heavy (non-hydrogen) atoms. The fourth-order valence-corrected chi connectivity index (χ4v) is 2.53. The van der Waals surface area contributed by atoms with Crippen LogP contribution in [0.5, 0.6) is 0 Å². The molecule has 6 heteroatoms. The van der Waals surface area contributed by atoms with Crippen LogP contribution in [0.3, 0.4) is 0 Å². The predicted octanol–water partition coefficient (Wildman–Crippen LogP) is 2.82. The van der Waals surface area contributed by atoms with E-state index >= 15 is 0 Å². The van der Waals surface area contributed by atoms with E-state index in [2.05, 4.69) is 21.2 Å². The Labute approximate surface area is 109 Å². The predicted molar refractivity (Wildman–Crippen MR) is 71.5 cm³/mol. The van der Waals surface area contributed by atoms with Crippen molar-refractivity contribution < 1.29 is 12.8 Å². The van der Waals surface area contributed by atoms with Gasteiger partial charge in [0.1, 0.15) is 15.7 Å². The Balaban J connectivity index is 2.39. The molecule has 0 spiro atoms. The molecule has 0 aromatic heterocycles. The third kappa shape index (κ3) is 5.04. The molecule has 0 saturated heterocycles. The average Bonchev–Trinajstić information content (AvgIpc) is 2.29. The molecular weight excluding hydrogens is 309 g/mol. The van der Waals surface area contributed by atoms with Crippen LogP contribution in [0.1, 0.15) is 13.3 Å². The van der Waals surface area contributed by atoms with Gasteiger partial charge in [-0.3, -0.25) is 0 Å². The number of hydrogen-bond donors (Lipinski definition) is 1. The number of hydrogen-bond acceptors (Lipinski definition) is 3. The van der Waals surface area contributed by atoms with E-state index in [1.165, 1.54) is 6.07 Å². The minimum Gasteiger partial charge on any atom is -0.385 e. The zero-order valence-corrected chi connectivity index (χ0v) is 11.9. The topological polar surface area (TPSA) is 46.2 Å². The lowest BCUT2D eigenvalue weighted by Crippen LogP contribution is -2.12. The Bertz CT molecular complexity index is 476. The highest BCUT2D eigenvalue weighted by atomic mass is 79.9. The molecule has 96 valence electrons. The number of sulfone groups is 1. The summed E-state index contributed by atoms with van der Waals surface area (Å²) < 4.78 is 35.8. The monoisotopic (exact) mass is 323 g/mol. The van der Waals surface area contributed by atoms with Crippen molar-refractivity contribution in [1.82, 2.24) is 0 Å². The quantitative estimate of drug-likeness (QED) is 0.819. The Hall–Kier alpha value is -0.620. The maximum atomic E-state index is 12.9. The van der Waals surface area contributed by atoms with Crippen LogP contribution in [0.4, 0.5) is 10.1 Å². The molecule has 3 nitrogen and oxygen atoms in total. The van der Waals surface area contributed by atoms with Gasteiger partial charge in [0.2, 0.25) is 0 Å². The van der Waals surface area contributed by atoms with Gasteiger partial charge in [0.15, 0.2) is 0 Å². The van der Waals surface area contributed by atoms with Gasteiger partial charge in [-0.1, -0.05) is 6.92 Å². The lowest BCUT2D eigenvalue weighted by Gasteiger charge is -2.07. The van der Waals surface area contributed by atoms with Gasteiger partial charge < -0.3 is 5.32 Å². The highest BCUT2D eigenvalue weighted by molar-refractivity contribution is 9.10. The van der Waals surface area contributed by atoms with Crippen LogP contribution in [0.2, 0.25) is 0 Å². The number of halogens is 2. The molecule has 1 aromatic carbocycles. The van der Waals surface area contributed by atoms with Crippen LogP contribution in [-0.2, 0) is 9.84 Å². The van der Waals surface area contributed by atoms with Crippen LogP contribution in [0.25, 0.3) is 0 Å². The zero-order valence-electron chi connectivity index (χ0n) is 9.54. The Morgan fingerprint density at radius 2 is 2.12 bits per heavy atom. The maximum Gasteiger partial charge on any atom is 0.150 e. The van der Waals surface area contributed by atoms with Crippen LogP contribution in [0.15, 0.2) is 22.7 Å². The van der Waals surface area contributed by atoms with Crippen LogP contribution in [0, 0.1) is 5.82 Å². The van der Waals surface area contributed by atoms with Gasteiger partial charge in [-0.15, -0.1) is 0 Å². The maximum absolute atomic E-state index is 12.9. The number of anilines is 1. The fourth-order valence-electron chi connectivity index (χ4n) is 1.28. The van der Waals surface area contributed by atoms with Gasteiger partial charge in [-0.05, 0) is 40.5 Å². The number of rotatable bonds is 6. The van der Waals surface area contributed by atoms with E-state index in [1.54, 1.807) is 19.1 Å². The smallest absolute Gasteiger partial charge is 0.150 e. The van der Waals surface area contributed by atoms with Crippen LogP contribution >= 0.6 is 15.9 Å². The van der Waals surface area contributed by atoms with Crippen molar-refractivity contribution in [2.75, 3.05) is 23.4 Å². The summed E-state index contributed by atoms with van der Waals surface area (Å²) in [5.41, 5.74) is 0.771. The molecule has 0 bridgehead atoms. The van der Waals surface area contributed by atoms with E-state index in [0.717, 1.165) is 5.69 Å². The summed E-state index contributed by atoms with van der Waals surface area (Å²) in [7, 11) is -2.90. The Kier molecular flexibility index (Phi) is 5.39. The summed E-state index contributed by atoms with van der Waals surface area (Å²) in [6.45, 7) is 2.19. The normalized spacial score (nSPS) is 11.5. The third-order valence-electron chi connectivity index (χ3n) is 2.32. The Morgan fingerprint density at radius 3 is 2.71 bits per heavy atom. The molecule has 0 fully saturated rings. The van der Waals surface area contributed by atoms with E-state index in [0.29, 0.717) is 17.4 Å². The molecule has 0 atom stereocenters. The minimum atomic E-state index is -2.90. The van der Waals surface area contributed by atoms with Gasteiger partial charge in [-0.25, -0.2) is 12.8 Å². The fraction of sp³-hybridized carbons (Fsp3) is 0.455. The summed E-state index contributed by atoms with van der Waals surface area (Å²) in [6, 6.07) is 4.60. The van der Waals surface area contributed by atoms with Gasteiger partial charge in [0, 0.05) is 18.0 Å². The molecule has 0 aliphatic rings. The van der Waals surface area contributed by atoms with E-state index < -0.39 is 9.84 Å². The zero-order chi connectivity index (χ0) is 12.9. The molecule has 1 aromatic rings. The summed E-state index contributed by atoms with van der Waals surface area (Å²) in [5.74, 6) is 0.0395. The standard InChI is InChI=1S/C11H15BrFNO2S/c1-2-17(15,16)7-3-6-14-9-4-5-11(13)10(12)8-9/h4-5,8,14H,2-3,6-7H2,1H3. The van der Waals surface area contributed by atoms with Crippen molar-refractivity contribution in [2.45, 2.75) is 13.3 Å². The molecule has 1 rings (SSSR count). The second-order valence-electron chi connectivity index (χ2n) is 3.65. The Morgan fingerprint density at radius 1 is 1.41 bits per heavy atom. The molecule has 0 unspecified atom stereocenters. The second kappa shape index (κ2) is 6.35. The summed E-state index contributed by atoms with van der Waals surface area (Å²) in [4.78, 5) is 0. The van der Waals surface area contributed by atoms with Crippen molar-refractivity contribution in [3.63, 3.8) is 0 Å². The molecule has 0 aliphatic heterocycles.